The summed E-state index contributed by atoms with van der Waals surface area (Å²) in [5.74, 6) is 1.54. The fourth-order valence-electron chi connectivity index (χ4n) is 4.44. The Bertz CT molecular complexity index is 1250. The Labute approximate surface area is 213 Å². The van der Waals surface area contributed by atoms with E-state index in [9.17, 15) is 10.1 Å². The zero-order valence-corrected chi connectivity index (χ0v) is 23.1. The molecule has 0 saturated heterocycles. The molecule has 3 aromatic rings. The first-order valence-electron chi connectivity index (χ1n) is 11.6. The largest absolute Gasteiger partial charge is 0.316 e. The molecular formula is C25H31N5OS3. The molecule has 9 heteroatoms. The summed E-state index contributed by atoms with van der Waals surface area (Å²) in [5.41, 5.74) is 4.34. The average molecular weight is 514 g/mol. The van der Waals surface area contributed by atoms with Gasteiger partial charge < -0.3 is 9.88 Å². The van der Waals surface area contributed by atoms with Gasteiger partial charge in [-0.05, 0) is 62.5 Å². The summed E-state index contributed by atoms with van der Waals surface area (Å²) in [5, 5.41) is 25.1. The van der Waals surface area contributed by atoms with Crippen LogP contribution < -0.4 is 5.32 Å². The van der Waals surface area contributed by atoms with Gasteiger partial charge in [-0.3, -0.25) is 4.79 Å². The quantitative estimate of drug-likeness (QED) is 0.383. The van der Waals surface area contributed by atoms with Crippen LogP contribution in [0.25, 0.3) is 11.4 Å². The third-order valence-electron chi connectivity index (χ3n) is 6.75. The molecule has 3 aromatic heterocycles. The van der Waals surface area contributed by atoms with Crippen molar-refractivity contribution < 1.29 is 4.79 Å². The van der Waals surface area contributed by atoms with Gasteiger partial charge in [0.25, 0.3) is 0 Å². The van der Waals surface area contributed by atoms with E-state index in [2.05, 4.69) is 73.1 Å². The van der Waals surface area contributed by atoms with Crippen molar-refractivity contribution in [1.29, 1.82) is 5.26 Å². The first-order valence-corrected chi connectivity index (χ1v) is 14.3. The van der Waals surface area contributed by atoms with Crippen LogP contribution in [0.15, 0.2) is 10.5 Å². The molecule has 1 aliphatic rings. The van der Waals surface area contributed by atoms with E-state index in [0.29, 0.717) is 16.5 Å². The van der Waals surface area contributed by atoms with Crippen molar-refractivity contribution in [2.75, 3.05) is 11.1 Å². The maximum absolute atomic E-state index is 12.8. The van der Waals surface area contributed by atoms with Gasteiger partial charge in [-0.15, -0.1) is 32.9 Å². The SMILES string of the molecule is CCn1c(SCC(=O)Nc2sc3c(c2C#N)CCC(C(C)(C)C)C3)nnc1-c1csc(C)c1C. The van der Waals surface area contributed by atoms with Crippen LogP contribution in [0.3, 0.4) is 0 Å². The number of aryl methyl sites for hydroxylation is 1. The van der Waals surface area contributed by atoms with Crippen LogP contribution in [-0.4, -0.2) is 26.4 Å². The molecule has 1 unspecified atom stereocenters. The monoisotopic (exact) mass is 513 g/mol. The van der Waals surface area contributed by atoms with Gasteiger partial charge in [0.15, 0.2) is 11.0 Å². The summed E-state index contributed by atoms with van der Waals surface area (Å²) in [7, 11) is 0. The van der Waals surface area contributed by atoms with Crippen LogP contribution in [0.2, 0.25) is 0 Å². The number of rotatable bonds is 6. The average Bonchev–Trinajstić information content (AvgIpc) is 3.45. The molecule has 0 aliphatic heterocycles. The van der Waals surface area contributed by atoms with Gasteiger partial charge in [0.2, 0.25) is 5.91 Å². The maximum atomic E-state index is 12.8. The molecule has 4 rings (SSSR count). The van der Waals surface area contributed by atoms with Crippen LogP contribution in [0.4, 0.5) is 5.00 Å². The standard InChI is InChI=1S/C25H31N5OS3/c1-7-30-22(19-12-32-15(3)14(19)2)28-29-24(30)33-13-21(31)27-23-18(11-26)17-9-8-16(25(4,5)6)10-20(17)34-23/h12,16H,7-10,13H2,1-6H3,(H,27,31). The fraction of sp³-hybridized carbons (Fsp3) is 0.520. The zero-order valence-electron chi connectivity index (χ0n) is 20.6. The second-order valence-electron chi connectivity index (χ2n) is 9.84. The lowest BCUT2D eigenvalue weighted by atomic mass is 9.72. The first kappa shape index (κ1) is 25.0. The minimum atomic E-state index is -0.123. The van der Waals surface area contributed by atoms with Crippen molar-refractivity contribution in [3.05, 3.63) is 31.8 Å². The van der Waals surface area contributed by atoms with Crippen LogP contribution in [0.1, 0.15) is 60.6 Å². The number of thiophene rings is 2. The summed E-state index contributed by atoms with van der Waals surface area (Å²) in [4.78, 5) is 15.4. The highest BCUT2D eigenvalue weighted by atomic mass is 32.2. The number of carbonyl (C=O) groups is 1. The van der Waals surface area contributed by atoms with Gasteiger partial charge in [-0.2, -0.15) is 5.26 Å². The minimum Gasteiger partial charge on any atom is -0.316 e. The summed E-state index contributed by atoms with van der Waals surface area (Å²) < 4.78 is 2.06. The van der Waals surface area contributed by atoms with Crippen LogP contribution in [-0.2, 0) is 24.2 Å². The predicted octanol–water partition coefficient (Wildman–Crippen LogP) is 6.46. The Kier molecular flexibility index (Phi) is 7.22. The van der Waals surface area contributed by atoms with E-state index in [1.165, 1.54) is 27.1 Å². The third-order valence-corrected chi connectivity index (χ3v) is 9.90. The molecule has 0 radical (unpaired) electrons. The maximum Gasteiger partial charge on any atom is 0.235 e. The second kappa shape index (κ2) is 9.84. The number of aromatic nitrogens is 3. The van der Waals surface area contributed by atoms with E-state index in [1.807, 2.05) is 0 Å². The molecule has 0 spiro atoms. The van der Waals surface area contributed by atoms with Crippen molar-refractivity contribution >= 4 is 45.3 Å². The molecule has 1 aliphatic carbocycles. The number of nitriles is 1. The van der Waals surface area contributed by atoms with E-state index < -0.39 is 0 Å². The van der Waals surface area contributed by atoms with Gasteiger partial charge in [-0.1, -0.05) is 32.5 Å². The Hall–Kier alpha value is -2.15. The molecule has 0 aromatic carbocycles. The Morgan fingerprint density at radius 2 is 2.12 bits per heavy atom. The van der Waals surface area contributed by atoms with Gasteiger partial charge in [0, 0.05) is 27.2 Å². The molecule has 3 heterocycles. The Morgan fingerprint density at radius 3 is 2.74 bits per heavy atom. The first-order chi connectivity index (χ1) is 16.1. The zero-order chi connectivity index (χ0) is 24.6. The number of amides is 1. The van der Waals surface area contributed by atoms with Crippen molar-refractivity contribution in [3.63, 3.8) is 0 Å². The lowest BCUT2D eigenvalue weighted by Gasteiger charge is -2.33. The number of carbonyl (C=O) groups excluding carboxylic acids is 1. The van der Waals surface area contributed by atoms with E-state index in [4.69, 9.17) is 0 Å². The fourth-order valence-corrected chi connectivity index (χ4v) is 7.40. The van der Waals surface area contributed by atoms with Gasteiger partial charge in [-0.25, -0.2) is 0 Å². The highest BCUT2D eigenvalue weighted by Crippen LogP contribution is 2.44. The van der Waals surface area contributed by atoms with E-state index in [1.54, 1.807) is 22.7 Å². The number of nitrogens with zero attached hydrogens (tertiary/aromatic N) is 4. The smallest absolute Gasteiger partial charge is 0.235 e. The molecule has 34 heavy (non-hydrogen) atoms. The van der Waals surface area contributed by atoms with E-state index in [-0.39, 0.29) is 17.1 Å². The molecule has 6 nitrogen and oxygen atoms in total. The molecule has 0 bridgehead atoms. The van der Waals surface area contributed by atoms with Crippen molar-refractivity contribution in [2.45, 2.75) is 72.5 Å². The lowest BCUT2D eigenvalue weighted by molar-refractivity contribution is -0.113. The van der Waals surface area contributed by atoms with Gasteiger partial charge >= 0.3 is 0 Å². The molecule has 0 fully saturated rings. The summed E-state index contributed by atoms with van der Waals surface area (Å²) >= 11 is 4.67. The van der Waals surface area contributed by atoms with Gasteiger partial charge in [0.05, 0.1) is 11.3 Å². The van der Waals surface area contributed by atoms with Gasteiger partial charge in [0.1, 0.15) is 11.1 Å². The molecule has 0 saturated carbocycles. The Morgan fingerprint density at radius 1 is 1.35 bits per heavy atom. The Balaban J connectivity index is 1.46. The minimum absolute atomic E-state index is 0.123. The van der Waals surface area contributed by atoms with Crippen molar-refractivity contribution in [3.8, 4) is 17.5 Å². The second-order valence-corrected chi connectivity index (χ2v) is 13.0. The van der Waals surface area contributed by atoms with E-state index >= 15 is 0 Å². The summed E-state index contributed by atoms with van der Waals surface area (Å²) in [6, 6.07) is 2.35. The van der Waals surface area contributed by atoms with E-state index in [0.717, 1.165) is 47.9 Å². The molecule has 1 N–H and O–H groups in total. The number of nitrogens with one attached hydrogen (secondary N) is 1. The number of hydrogen-bond donors (Lipinski definition) is 1. The van der Waals surface area contributed by atoms with Crippen molar-refractivity contribution in [2.24, 2.45) is 11.3 Å². The van der Waals surface area contributed by atoms with Crippen LogP contribution in [0, 0.1) is 36.5 Å². The highest BCUT2D eigenvalue weighted by Gasteiger charge is 2.32. The summed E-state index contributed by atoms with van der Waals surface area (Å²) in [6.45, 7) is 13.8. The highest BCUT2D eigenvalue weighted by molar-refractivity contribution is 7.99. The molecule has 1 amide bonds. The lowest BCUT2D eigenvalue weighted by Crippen LogP contribution is -2.26. The predicted molar refractivity (Wildman–Crippen MR) is 142 cm³/mol. The normalized spacial score (nSPS) is 15.7. The number of anilines is 1. The molecule has 180 valence electrons. The topological polar surface area (TPSA) is 83.6 Å². The summed E-state index contributed by atoms with van der Waals surface area (Å²) in [6.07, 6.45) is 2.97. The third kappa shape index (κ3) is 4.81. The van der Waals surface area contributed by atoms with Crippen LogP contribution in [0.5, 0.6) is 0 Å². The molecule has 1 atom stereocenters. The molecular weight excluding hydrogens is 483 g/mol. The van der Waals surface area contributed by atoms with Crippen LogP contribution >= 0.6 is 34.4 Å². The number of thioether (sulfide) groups is 1. The number of hydrogen-bond acceptors (Lipinski definition) is 7. The number of fused-ring (bicyclic) bond motifs is 1. The van der Waals surface area contributed by atoms with Crippen molar-refractivity contribution in [1.82, 2.24) is 14.8 Å².